The first-order chi connectivity index (χ1) is 10.2. The normalized spacial score (nSPS) is 17.4. The summed E-state index contributed by atoms with van der Waals surface area (Å²) in [6.07, 6.45) is 4.42. The van der Waals surface area contributed by atoms with Crippen LogP contribution in [0.5, 0.6) is 5.75 Å². The first kappa shape index (κ1) is 14.2. The molecule has 0 amide bonds. The van der Waals surface area contributed by atoms with E-state index in [2.05, 4.69) is 55.2 Å². The third-order valence-corrected chi connectivity index (χ3v) is 4.08. The summed E-state index contributed by atoms with van der Waals surface area (Å²) in [7, 11) is 0. The van der Waals surface area contributed by atoms with Gasteiger partial charge in [0, 0.05) is 23.0 Å². The Kier molecular flexibility index (Phi) is 3.98. The second-order valence-corrected chi connectivity index (χ2v) is 5.93. The van der Waals surface area contributed by atoms with E-state index in [1.807, 2.05) is 13.0 Å². The van der Waals surface area contributed by atoms with Gasteiger partial charge in [0.15, 0.2) is 0 Å². The monoisotopic (exact) mass is 281 g/mol. The molecule has 0 aromatic heterocycles. The summed E-state index contributed by atoms with van der Waals surface area (Å²) in [5.41, 5.74) is 1.23. The van der Waals surface area contributed by atoms with Gasteiger partial charge in [0.25, 0.3) is 0 Å². The quantitative estimate of drug-likeness (QED) is 0.781. The molecule has 3 rings (SSSR count). The lowest BCUT2D eigenvalue weighted by molar-refractivity contribution is 0.268. The highest BCUT2D eigenvalue weighted by atomic mass is 16.5. The molecule has 2 atom stereocenters. The van der Waals surface area contributed by atoms with Gasteiger partial charge in [-0.1, -0.05) is 49.1 Å². The molecule has 0 saturated heterocycles. The zero-order valence-corrected chi connectivity index (χ0v) is 12.8. The van der Waals surface area contributed by atoms with Crippen LogP contribution in [0.25, 0.3) is 10.8 Å². The Morgan fingerprint density at radius 3 is 2.67 bits per heavy atom. The minimum atomic E-state index is 0.00248. The third kappa shape index (κ3) is 3.11. The Hall–Kier alpha value is -1.80. The fraction of sp³-hybridized carbons (Fsp3) is 0.368. The van der Waals surface area contributed by atoms with Gasteiger partial charge in [-0.2, -0.15) is 0 Å². The smallest absolute Gasteiger partial charge is 0.132 e. The fourth-order valence-corrected chi connectivity index (χ4v) is 2.66. The molecular formula is C19H23NO. The SMILES string of the molecule is C=CC(C)Oc1c(C(C)NC2CC2)ccc2ccccc12. The van der Waals surface area contributed by atoms with Crippen LogP contribution in [0, 0.1) is 0 Å². The maximum Gasteiger partial charge on any atom is 0.132 e. The number of nitrogens with one attached hydrogen (secondary N) is 1. The average Bonchev–Trinajstić information content (AvgIpc) is 3.31. The van der Waals surface area contributed by atoms with Gasteiger partial charge in [-0.15, -0.1) is 0 Å². The molecule has 2 aromatic rings. The maximum atomic E-state index is 6.17. The maximum absolute atomic E-state index is 6.17. The van der Waals surface area contributed by atoms with Crippen molar-refractivity contribution < 1.29 is 4.74 Å². The van der Waals surface area contributed by atoms with Gasteiger partial charge in [-0.05, 0) is 32.1 Å². The fourth-order valence-electron chi connectivity index (χ4n) is 2.66. The predicted molar refractivity (Wildman–Crippen MR) is 88.8 cm³/mol. The first-order valence-electron chi connectivity index (χ1n) is 7.76. The molecule has 0 heterocycles. The minimum Gasteiger partial charge on any atom is -0.486 e. The van der Waals surface area contributed by atoms with Crippen molar-refractivity contribution in [2.24, 2.45) is 0 Å². The molecule has 2 aromatic carbocycles. The largest absolute Gasteiger partial charge is 0.486 e. The molecule has 0 aliphatic heterocycles. The van der Waals surface area contributed by atoms with Crippen molar-refractivity contribution in [3.63, 3.8) is 0 Å². The number of hydrogen-bond acceptors (Lipinski definition) is 2. The van der Waals surface area contributed by atoms with E-state index < -0.39 is 0 Å². The van der Waals surface area contributed by atoms with Crippen LogP contribution in [0.15, 0.2) is 49.1 Å². The molecule has 1 N–H and O–H groups in total. The van der Waals surface area contributed by atoms with Gasteiger partial charge >= 0.3 is 0 Å². The minimum absolute atomic E-state index is 0.00248. The van der Waals surface area contributed by atoms with Crippen LogP contribution in [0.1, 0.15) is 38.3 Å². The number of hydrogen-bond donors (Lipinski definition) is 1. The summed E-state index contributed by atoms with van der Waals surface area (Å²) in [4.78, 5) is 0. The van der Waals surface area contributed by atoms with Crippen LogP contribution in [-0.2, 0) is 0 Å². The molecule has 1 saturated carbocycles. The summed E-state index contributed by atoms with van der Waals surface area (Å²) in [6.45, 7) is 8.07. The Bertz CT molecular complexity index is 645. The topological polar surface area (TPSA) is 21.3 Å². The molecule has 2 heteroatoms. The molecule has 0 spiro atoms. The molecular weight excluding hydrogens is 258 g/mol. The molecule has 2 unspecified atom stereocenters. The zero-order chi connectivity index (χ0) is 14.8. The van der Waals surface area contributed by atoms with Crippen LogP contribution in [0.4, 0.5) is 0 Å². The number of rotatable bonds is 6. The summed E-state index contributed by atoms with van der Waals surface area (Å²) in [5.74, 6) is 0.987. The second-order valence-electron chi connectivity index (χ2n) is 5.93. The first-order valence-corrected chi connectivity index (χ1v) is 7.76. The Balaban J connectivity index is 2.03. The summed E-state index contributed by atoms with van der Waals surface area (Å²) >= 11 is 0. The molecule has 1 fully saturated rings. The lowest BCUT2D eigenvalue weighted by atomic mass is 10.0. The number of fused-ring (bicyclic) bond motifs is 1. The number of benzene rings is 2. The predicted octanol–water partition coefficient (Wildman–Crippen LogP) is 4.61. The van der Waals surface area contributed by atoms with Crippen molar-refractivity contribution in [2.75, 3.05) is 0 Å². The van der Waals surface area contributed by atoms with E-state index in [0.717, 1.165) is 5.75 Å². The van der Waals surface area contributed by atoms with E-state index in [4.69, 9.17) is 4.74 Å². The highest BCUT2D eigenvalue weighted by molar-refractivity contribution is 5.89. The van der Waals surface area contributed by atoms with Crippen LogP contribution >= 0.6 is 0 Å². The lowest BCUT2D eigenvalue weighted by Gasteiger charge is -2.22. The highest BCUT2D eigenvalue weighted by Crippen LogP contribution is 2.35. The van der Waals surface area contributed by atoms with Gasteiger partial charge in [0.05, 0.1) is 0 Å². The molecule has 2 nitrogen and oxygen atoms in total. The van der Waals surface area contributed by atoms with Crippen molar-refractivity contribution >= 4 is 10.8 Å². The van der Waals surface area contributed by atoms with Gasteiger partial charge in [-0.25, -0.2) is 0 Å². The van der Waals surface area contributed by atoms with Crippen molar-refractivity contribution in [2.45, 2.75) is 44.9 Å². The Morgan fingerprint density at radius 1 is 1.19 bits per heavy atom. The zero-order valence-electron chi connectivity index (χ0n) is 12.8. The molecule has 21 heavy (non-hydrogen) atoms. The molecule has 0 bridgehead atoms. The lowest BCUT2D eigenvalue weighted by Crippen LogP contribution is -2.22. The van der Waals surface area contributed by atoms with Crippen LogP contribution in [0.3, 0.4) is 0 Å². The Morgan fingerprint density at radius 2 is 1.95 bits per heavy atom. The molecule has 0 radical (unpaired) electrons. The van der Waals surface area contributed by atoms with E-state index in [9.17, 15) is 0 Å². The molecule has 110 valence electrons. The van der Waals surface area contributed by atoms with Crippen LogP contribution < -0.4 is 10.1 Å². The van der Waals surface area contributed by atoms with Gasteiger partial charge in [0.1, 0.15) is 11.9 Å². The van der Waals surface area contributed by atoms with Crippen LogP contribution in [0.2, 0.25) is 0 Å². The van der Waals surface area contributed by atoms with E-state index in [1.54, 1.807) is 0 Å². The van der Waals surface area contributed by atoms with E-state index in [1.165, 1.54) is 29.2 Å². The van der Waals surface area contributed by atoms with Crippen molar-refractivity contribution in [3.8, 4) is 5.75 Å². The van der Waals surface area contributed by atoms with E-state index in [0.29, 0.717) is 12.1 Å². The van der Waals surface area contributed by atoms with Crippen molar-refractivity contribution in [1.29, 1.82) is 0 Å². The van der Waals surface area contributed by atoms with Gasteiger partial charge in [0.2, 0.25) is 0 Å². The van der Waals surface area contributed by atoms with E-state index >= 15 is 0 Å². The summed E-state index contributed by atoms with van der Waals surface area (Å²) in [6, 6.07) is 13.7. The van der Waals surface area contributed by atoms with Gasteiger partial charge in [-0.3, -0.25) is 0 Å². The molecule has 1 aliphatic rings. The molecule has 1 aliphatic carbocycles. The highest BCUT2D eigenvalue weighted by Gasteiger charge is 2.25. The second kappa shape index (κ2) is 5.90. The number of ether oxygens (including phenoxy) is 1. The van der Waals surface area contributed by atoms with Crippen molar-refractivity contribution in [3.05, 3.63) is 54.6 Å². The van der Waals surface area contributed by atoms with E-state index in [-0.39, 0.29) is 6.10 Å². The summed E-state index contributed by atoms with van der Waals surface area (Å²) < 4.78 is 6.17. The standard InChI is InChI=1S/C19H23NO/c1-4-13(2)21-19-17(14(3)20-16-10-11-16)12-9-15-7-5-6-8-18(15)19/h4-9,12-14,16,20H,1,10-11H2,2-3H3. The third-order valence-electron chi connectivity index (χ3n) is 4.08. The Labute approximate surface area is 126 Å². The van der Waals surface area contributed by atoms with Crippen molar-refractivity contribution in [1.82, 2.24) is 5.32 Å². The van der Waals surface area contributed by atoms with Crippen LogP contribution in [-0.4, -0.2) is 12.1 Å². The van der Waals surface area contributed by atoms with Gasteiger partial charge < -0.3 is 10.1 Å². The average molecular weight is 281 g/mol. The summed E-state index contributed by atoms with van der Waals surface area (Å²) in [5, 5.41) is 6.05.